The van der Waals surface area contributed by atoms with Gasteiger partial charge in [0.2, 0.25) is 0 Å². The predicted octanol–water partition coefficient (Wildman–Crippen LogP) is 12.0. The Bertz CT molecular complexity index is 3250. The van der Waals surface area contributed by atoms with Gasteiger partial charge in [0, 0.05) is 32.2 Å². The summed E-state index contributed by atoms with van der Waals surface area (Å²) < 4.78 is 11.3. The molecule has 0 fully saturated rings. The first-order chi connectivity index (χ1) is 31.2. The molecule has 64 heavy (non-hydrogen) atoms. The van der Waals surface area contributed by atoms with Crippen LogP contribution < -0.4 is 28.4 Å². The first-order valence-electron chi connectivity index (χ1n) is 20.7. The van der Waals surface area contributed by atoms with E-state index >= 15 is 0 Å². The number of aromatic nitrogens is 3. The first kappa shape index (κ1) is 39.6. The van der Waals surface area contributed by atoms with Gasteiger partial charge in [-0.3, -0.25) is 0 Å². The Morgan fingerprint density at radius 1 is 0.531 bits per heavy atom. The molecule has 0 unspecified atom stereocenters. The van der Waals surface area contributed by atoms with E-state index < -0.39 is 0 Å². The summed E-state index contributed by atoms with van der Waals surface area (Å²) in [5.41, 5.74) is 13.5. The molecule has 0 amide bonds. The third kappa shape index (κ3) is 6.97. The molecular formula is C55H35N6OPtSe-3. The second-order valence-corrected chi connectivity index (χ2v) is 17.4. The van der Waals surface area contributed by atoms with Crippen LogP contribution in [0.3, 0.4) is 0 Å². The molecule has 2 aromatic heterocycles. The van der Waals surface area contributed by atoms with Crippen molar-refractivity contribution in [3.05, 3.63) is 225 Å². The summed E-state index contributed by atoms with van der Waals surface area (Å²) in [6.07, 6.45) is 3.82. The molecule has 2 aliphatic heterocycles. The quantitative estimate of drug-likeness (QED) is 0.112. The minimum atomic E-state index is -0.00947. The summed E-state index contributed by atoms with van der Waals surface area (Å²) in [4.78, 5) is 16.5. The maximum atomic E-state index is 6.72. The molecule has 8 aromatic carbocycles. The van der Waals surface area contributed by atoms with Crippen LogP contribution in [0.4, 0.5) is 40.1 Å². The summed E-state index contributed by atoms with van der Waals surface area (Å²) in [5, 5.41) is 0. The molecule has 2 aliphatic rings. The van der Waals surface area contributed by atoms with Crippen molar-refractivity contribution in [1.29, 1.82) is 0 Å². The normalized spacial score (nSPS) is 12.7. The van der Waals surface area contributed by atoms with Gasteiger partial charge < -0.3 is 0 Å². The van der Waals surface area contributed by atoms with Crippen molar-refractivity contribution in [2.75, 3.05) is 14.7 Å². The summed E-state index contributed by atoms with van der Waals surface area (Å²) in [6.45, 7) is 2.17. The van der Waals surface area contributed by atoms with Gasteiger partial charge in [0.15, 0.2) is 0 Å². The van der Waals surface area contributed by atoms with Crippen LogP contribution in [0.25, 0.3) is 39.0 Å². The van der Waals surface area contributed by atoms with Gasteiger partial charge >= 0.3 is 267 Å². The summed E-state index contributed by atoms with van der Waals surface area (Å²) in [6, 6.07) is 74.5. The fourth-order valence-corrected chi connectivity index (χ4v) is 10.7. The number of ether oxygens (including phenoxy) is 1. The molecule has 0 N–H and O–H groups in total. The molecule has 7 nitrogen and oxygen atoms in total. The van der Waals surface area contributed by atoms with Crippen LogP contribution >= 0.6 is 0 Å². The van der Waals surface area contributed by atoms with Crippen LogP contribution in [0, 0.1) is 18.8 Å². The van der Waals surface area contributed by atoms with E-state index in [4.69, 9.17) is 9.72 Å². The maximum absolute atomic E-state index is 6.72. The average molecular weight is 1070 g/mol. The molecule has 9 heteroatoms. The summed E-state index contributed by atoms with van der Waals surface area (Å²) in [7, 11) is 0. The number of para-hydroxylation sites is 6. The second kappa shape index (κ2) is 16.8. The zero-order chi connectivity index (χ0) is 41.7. The monoisotopic (exact) mass is 1070 g/mol. The van der Waals surface area contributed by atoms with Crippen LogP contribution in [-0.2, 0) is 21.1 Å². The van der Waals surface area contributed by atoms with Crippen molar-refractivity contribution >= 4 is 75.0 Å². The topological polar surface area (TPSA) is 49.7 Å². The van der Waals surface area contributed by atoms with Gasteiger partial charge in [-0.15, -0.1) is 0 Å². The molecule has 0 aliphatic carbocycles. The van der Waals surface area contributed by atoms with E-state index in [0.717, 1.165) is 83.5 Å². The van der Waals surface area contributed by atoms with E-state index in [0.29, 0.717) is 11.5 Å². The molecule has 0 bridgehead atoms. The standard InChI is InChI=1S/C55H35N6OSe.Pt/c1-4-16-38(17-5-1)44-24-15-25-45(39-18-6-2-7-19-39)54(44)59-37-58(48-28-12-13-29-49(48)59)41-22-14-23-42(34-41)62-43-30-31-52-51(35-43)61(50-32-33-56-36-53(50)63-52)55-57-46-26-10-11-27-47(46)60(55)40-20-8-3-9-21-40;/h1-33,36-37H;/q-3;. The van der Waals surface area contributed by atoms with Crippen molar-refractivity contribution in [3.63, 3.8) is 0 Å². The van der Waals surface area contributed by atoms with E-state index in [2.05, 4.69) is 207 Å². The van der Waals surface area contributed by atoms with E-state index in [9.17, 15) is 0 Å². The Hall–Kier alpha value is -7.21. The Morgan fingerprint density at radius 3 is 1.92 bits per heavy atom. The SMILES string of the molecule is [Pt].[c-]1c(Oc2[c-]c3c(cc2)[Se]c2cnccc2N3c2nc3ccccc3n2-c2ccccc2)cccc1N1[CH-]N(c2c(-c3ccccc3)cccc2-c2ccccc2)c2ccccc21. The fourth-order valence-electron chi connectivity index (χ4n) is 8.58. The molecule has 0 saturated carbocycles. The second-order valence-electron chi connectivity index (χ2n) is 15.2. The summed E-state index contributed by atoms with van der Waals surface area (Å²) in [5.74, 6) is 1.93. The van der Waals surface area contributed by atoms with Crippen molar-refractivity contribution < 1.29 is 25.8 Å². The number of imidazole rings is 1. The van der Waals surface area contributed by atoms with Crippen LogP contribution in [0.2, 0.25) is 0 Å². The molecule has 0 saturated heterocycles. The number of rotatable bonds is 8. The molecule has 0 spiro atoms. The van der Waals surface area contributed by atoms with Gasteiger partial charge in [-0.1, -0.05) is 84.9 Å². The van der Waals surface area contributed by atoms with E-state index in [1.54, 1.807) is 0 Å². The van der Waals surface area contributed by atoms with Gasteiger partial charge in [0.25, 0.3) is 0 Å². The Balaban J connectivity index is 0.00000456. The number of benzene rings is 8. The molecule has 10 aromatic rings. The zero-order valence-corrected chi connectivity index (χ0v) is 38.0. The average Bonchev–Trinajstić information content (AvgIpc) is 3.93. The van der Waals surface area contributed by atoms with Gasteiger partial charge in [-0.25, -0.2) is 0 Å². The Morgan fingerprint density at radius 2 is 1.17 bits per heavy atom. The number of hydrogen-bond donors (Lipinski definition) is 0. The van der Waals surface area contributed by atoms with Crippen LogP contribution in [0.1, 0.15) is 0 Å². The summed E-state index contributed by atoms with van der Waals surface area (Å²) >= 11 is -0.00947. The molecule has 0 atom stereocenters. The van der Waals surface area contributed by atoms with E-state index in [1.165, 1.54) is 4.46 Å². The van der Waals surface area contributed by atoms with E-state index in [-0.39, 0.29) is 36.0 Å². The molecule has 4 heterocycles. The van der Waals surface area contributed by atoms with Crippen LogP contribution in [0.15, 0.2) is 207 Å². The molecular weight excluding hydrogens is 1030 g/mol. The van der Waals surface area contributed by atoms with Gasteiger partial charge in [0.1, 0.15) is 0 Å². The van der Waals surface area contributed by atoms with Gasteiger partial charge in [0.05, 0.1) is 0 Å². The number of pyridine rings is 1. The van der Waals surface area contributed by atoms with Crippen LogP contribution in [0.5, 0.6) is 11.5 Å². The first-order valence-corrected chi connectivity index (χ1v) is 22.4. The zero-order valence-electron chi connectivity index (χ0n) is 34.0. The van der Waals surface area contributed by atoms with Crippen molar-refractivity contribution in [1.82, 2.24) is 14.5 Å². The Labute approximate surface area is 392 Å². The Kier molecular flexibility index (Phi) is 10.4. The van der Waals surface area contributed by atoms with Gasteiger partial charge in [-0.2, -0.15) is 0 Å². The van der Waals surface area contributed by atoms with Crippen molar-refractivity contribution in [2.45, 2.75) is 0 Å². The van der Waals surface area contributed by atoms with E-state index in [1.807, 2.05) is 42.7 Å². The predicted molar refractivity (Wildman–Crippen MR) is 255 cm³/mol. The van der Waals surface area contributed by atoms with Gasteiger partial charge in [-0.05, 0) is 11.1 Å². The van der Waals surface area contributed by atoms with Crippen molar-refractivity contribution in [2.24, 2.45) is 0 Å². The molecule has 310 valence electrons. The number of nitrogens with zero attached hydrogens (tertiary/aromatic N) is 6. The fraction of sp³-hybridized carbons (Fsp3) is 0. The third-order valence-corrected chi connectivity index (χ3v) is 13.7. The number of anilines is 7. The number of fused-ring (bicyclic) bond motifs is 4. The number of hydrogen-bond acceptors (Lipinski definition) is 6. The van der Waals surface area contributed by atoms with Crippen molar-refractivity contribution in [3.8, 4) is 39.4 Å². The minimum absolute atomic E-state index is 0. The molecule has 0 radical (unpaired) electrons. The third-order valence-electron chi connectivity index (χ3n) is 11.4. The molecule has 12 rings (SSSR count). The van der Waals surface area contributed by atoms with Crippen LogP contribution in [-0.4, -0.2) is 29.5 Å².